The molecular formula is C14H14ClN3O2. The summed E-state index contributed by atoms with van der Waals surface area (Å²) in [6.07, 6.45) is 1.35. The molecule has 0 aliphatic rings. The maximum absolute atomic E-state index is 12.2. The molecule has 0 atom stereocenters. The van der Waals surface area contributed by atoms with Gasteiger partial charge in [0.2, 0.25) is 0 Å². The number of carbonyl (C=O) groups excluding carboxylic acids is 1. The molecule has 0 fully saturated rings. The molecule has 20 heavy (non-hydrogen) atoms. The number of amides is 1. The van der Waals surface area contributed by atoms with Gasteiger partial charge in [0.1, 0.15) is 10.9 Å². The van der Waals surface area contributed by atoms with Crippen molar-refractivity contribution >= 4 is 28.9 Å². The first-order valence-corrected chi connectivity index (χ1v) is 6.43. The molecule has 1 heterocycles. The van der Waals surface area contributed by atoms with Crippen LogP contribution in [0.3, 0.4) is 0 Å². The molecule has 1 aromatic heterocycles. The molecule has 0 bridgehead atoms. The molecule has 0 aliphatic heterocycles. The molecule has 0 saturated carbocycles. The Morgan fingerprint density at radius 3 is 2.95 bits per heavy atom. The number of aromatic nitrogens is 1. The molecular weight excluding hydrogens is 278 g/mol. The van der Waals surface area contributed by atoms with Gasteiger partial charge in [-0.3, -0.25) is 4.79 Å². The first kappa shape index (κ1) is 14.1. The molecule has 0 aliphatic carbocycles. The van der Waals surface area contributed by atoms with Crippen molar-refractivity contribution in [2.24, 2.45) is 0 Å². The zero-order valence-electron chi connectivity index (χ0n) is 10.9. The highest BCUT2D eigenvalue weighted by molar-refractivity contribution is 6.30. The highest BCUT2D eigenvalue weighted by Crippen LogP contribution is 2.25. The SMILES string of the molecule is CCOc1ccccc1NC(=O)c1cc(Cl)ncc1N. The van der Waals surface area contributed by atoms with Crippen LogP contribution in [0.5, 0.6) is 5.75 Å². The Kier molecular flexibility index (Phi) is 4.42. The van der Waals surface area contributed by atoms with Gasteiger partial charge in [-0.05, 0) is 25.1 Å². The summed E-state index contributed by atoms with van der Waals surface area (Å²) in [5.41, 5.74) is 6.84. The highest BCUT2D eigenvalue weighted by atomic mass is 35.5. The Hall–Kier alpha value is -2.27. The standard InChI is InChI=1S/C14H14ClN3O2/c1-2-20-12-6-4-3-5-11(12)18-14(19)9-7-13(15)17-8-10(9)16/h3-8H,2,16H2,1H3,(H,18,19). The largest absolute Gasteiger partial charge is 0.492 e. The number of benzene rings is 1. The van der Waals surface area contributed by atoms with Gasteiger partial charge in [0.25, 0.3) is 5.91 Å². The Bertz CT molecular complexity index is 632. The summed E-state index contributed by atoms with van der Waals surface area (Å²) in [5.74, 6) is 0.237. The quantitative estimate of drug-likeness (QED) is 0.849. The number of pyridine rings is 1. The number of nitrogens with one attached hydrogen (secondary N) is 1. The number of anilines is 2. The number of rotatable bonds is 4. The van der Waals surface area contributed by atoms with Gasteiger partial charge in [-0.1, -0.05) is 23.7 Å². The summed E-state index contributed by atoms with van der Waals surface area (Å²) in [6.45, 7) is 2.38. The van der Waals surface area contributed by atoms with Crippen molar-refractivity contribution in [3.63, 3.8) is 0 Å². The molecule has 0 unspecified atom stereocenters. The highest BCUT2D eigenvalue weighted by Gasteiger charge is 2.13. The number of hydrogen-bond donors (Lipinski definition) is 2. The summed E-state index contributed by atoms with van der Waals surface area (Å²) < 4.78 is 5.44. The van der Waals surface area contributed by atoms with E-state index in [0.29, 0.717) is 18.0 Å². The van der Waals surface area contributed by atoms with E-state index in [-0.39, 0.29) is 22.3 Å². The van der Waals surface area contributed by atoms with E-state index in [4.69, 9.17) is 22.1 Å². The van der Waals surface area contributed by atoms with E-state index in [2.05, 4.69) is 10.3 Å². The third-order valence-electron chi connectivity index (χ3n) is 2.58. The average Bonchev–Trinajstić information content (AvgIpc) is 2.44. The first-order chi connectivity index (χ1) is 9.61. The fourth-order valence-electron chi connectivity index (χ4n) is 1.68. The van der Waals surface area contributed by atoms with Crippen LogP contribution < -0.4 is 15.8 Å². The smallest absolute Gasteiger partial charge is 0.258 e. The second kappa shape index (κ2) is 6.25. The van der Waals surface area contributed by atoms with Crippen LogP contribution in [0, 0.1) is 0 Å². The van der Waals surface area contributed by atoms with Crippen LogP contribution in [0.2, 0.25) is 5.15 Å². The molecule has 3 N–H and O–H groups in total. The fourth-order valence-corrected chi connectivity index (χ4v) is 1.84. The zero-order valence-corrected chi connectivity index (χ0v) is 11.6. The number of ether oxygens (including phenoxy) is 1. The lowest BCUT2D eigenvalue weighted by molar-refractivity contribution is 0.102. The number of hydrogen-bond acceptors (Lipinski definition) is 4. The second-order valence-corrected chi connectivity index (χ2v) is 4.36. The number of nitrogens with two attached hydrogens (primary N) is 1. The van der Waals surface area contributed by atoms with Gasteiger partial charge < -0.3 is 15.8 Å². The molecule has 6 heteroatoms. The normalized spacial score (nSPS) is 10.1. The summed E-state index contributed by atoms with van der Waals surface area (Å²) in [7, 11) is 0. The number of para-hydroxylation sites is 2. The molecule has 1 amide bonds. The molecule has 0 spiro atoms. The van der Waals surface area contributed by atoms with Gasteiger partial charge in [-0.2, -0.15) is 0 Å². The summed E-state index contributed by atoms with van der Waals surface area (Å²) in [6, 6.07) is 8.60. The van der Waals surface area contributed by atoms with Crippen molar-refractivity contribution in [2.75, 3.05) is 17.7 Å². The minimum absolute atomic E-state index is 0.211. The topological polar surface area (TPSA) is 77.2 Å². The first-order valence-electron chi connectivity index (χ1n) is 6.06. The van der Waals surface area contributed by atoms with E-state index in [0.717, 1.165) is 0 Å². The van der Waals surface area contributed by atoms with E-state index in [1.54, 1.807) is 18.2 Å². The van der Waals surface area contributed by atoms with Gasteiger partial charge >= 0.3 is 0 Å². The minimum atomic E-state index is -0.362. The number of nitrogens with zero attached hydrogens (tertiary/aromatic N) is 1. The van der Waals surface area contributed by atoms with Crippen LogP contribution >= 0.6 is 11.6 Å². The van der Waals surface area contributed by atoms with E-state index < -0.39 is 0 Å². The van der Waals surface area contributed by atoms with Crippen molar-refractivity contribution in [2.45, 2.75) is 6.92 Å². The number of halogens is 1. The summed E-state index contributed by atoms with van der Waals surface area (Å²) in [4.78, 5) is 16.0. The van der Waals surface area contributed by atoms with E-state index in [9.17, 15) is 4.79 Å². The Morgan fingerprint density at radius 2 is 2.20 bits per heavy atom. The monoisotopic (exact) mass is 291 g/mol. The zero-order chi connectivity index (χ0) is 14.5. The van der Waals surface area contributed by atoms with Crippen LogP contribution in [0.4, 0.5) is 11.4 Å². The second-order valence-electron chi connectivity index (χ2n) is 3.98. The molecule has 1 aromatic carbocycles. The fraction of sp³-hybridized carbons (Fsp3) is 0.143. The van der Waals surface area contributed by atoms with Gasteiger partial charge in [0.05, 0.1) is 29.7 Å². The molecule has 2 aromatic rings. The van der Waals surface area contributed by atoms with Gasteiger partial charge in [0.15, 0.2) is 0 Å². The van der Waals surface area contributed by atoms with Crippen LogP contribution in [-0.2, 0) is 0 Å². The maximum atomic E-state index is 12.2. The van der Waals surface area contributed by atoms with Crippen LogP contribution in [-0.4, -0.2) is 17.5 Å². The van der Waals surface area contributed by atoms with E-state index in [1.807, 2.05) is 13.0 Å². The van der Waals surface area contributed by atoms with Crippen LogP contribution in [0.25, 0.3) is 0 Å². The minimum Gasteiger partial charge on any atom is -0.492 e. The number of carbonyl (C=O) groups is 1. The van der Waals surface area contributed by atoms with Crippen LogP contribution in [0.1, 0.15) is 17.3 Å². The molecule has 0 saturated heterocycles. The lowest BCUT2D eigenvalue weighted by Crippen LogP contribution is -2.15. The lowest BCUT2D eigenvalue weighted by Gasteiger charge is -2.12. The van der Waals surface area contributed by atoms with Crippen molar-refractivity contribution in [3.8, 4) is 5.75 Å². The molecule has 0 radical (unpaired) electrons. The molecule has 104 valence electrons. The van der Waals surface area contributed by atoms with Crippen molar-refractivity contribution in [1.82, 2.24) is 4.98 Å². The van der Waals surface area contributed by atoms with Gasteiger partial charge in [-0.15, -0.1) is 0 Å². The Morgan fingerprint density at radius 1 is 1.45 bits per heavy atom. The average molecular weight is 292 g/mol. The van der Waals surface area contributed by atoms with Crippen molar-refractivity contribution < 1.29 is 9.53 Å². The van der Waals surface area contributed by atoms with Crippen molar-refractivity contribution in [1.29, 1.82) is 0 Å². The van der Waals surface area contributed by atoms with Gasteiger partial charge in [-0.25, -0.2) is 4.98 Å². The Balaban J connectivity index is 2.26. The third kappa shape index (κ3) is 3.19. The third-order valence-corrected chi connectivity index (χ3v) is 2.79. The summed E-state index contributed by atoms with van der Waals surface area (Å²) in [5, 5.41) is 2.96. The molecule has 2 rings (SSSR count). The molecule has 5 nitrogen and oxygen atoms in total. The lowest BCUT2D eigenvalue weighted by atomic mass is 10.2. The summed E-state index contributed by atoms with van der Waals surface area (Å²) >= 11 is 5.77. The van der Waals surface area contributed by atoms with Crippen LogP contribution in [0.15, 0.2) is 36.5 Å². The van der Waals surface area contributed by atoms with E-state index >= 15 is 0 Å². The van der Waals surface area contributed by atoms with E-state index in [1.165, 1.54) is 12.3 Å². The Labute approximate surface area is 121 Å². The van der Waals surface area contributed by atoms with Crippen molar-refractivity contribution in [3.05, 3.63) is 47.2 Å². The predicted molar refractivity (Wildman–Crippen MR) is 79.2 cm³/mol. The predicted octanol–water partition coefficient (Wildman–Crippen LogP) is 2.97. The maximum Gasteiger partial charge on any atom is 0.258 e. The number of nitrogen functional groups attached to an aromatic ring is 1. The van der Waals surface area contributed by atoms with Gasteiger partial charge in [0, 0.05) is 0 Å².